The van der Waals surface area contributed by atoms with Gasteiger partial charge in [0.1, 0.15) is 17.3 Å². The van der Waals surface area contributed by atoms with Crippen LogP contribution in [0.2, 0.25) is 0 Å². The van der Waals surface area contributed by atoms with E-state index in [0.29, 0.717) is 24.4 Å². The van der Waals surface area contributed by atoms with Crippen LogP contribution in [0.3, 0.4) is 0 Å². The zero-order valence-corrected chi connectivity index (χ0v) is 18.5. The molecule has 0 saturated carbocycles. The summed E-state index contributed by atoms with van der Waals surface area (Å²) in [6, 6.07) is 6.18. The predicted molar refractivity (Wildman–Crippen MR) is 117 cm³/mol. The van der Waals surface area contributed by atoms with E-state index in [1.54, 1.807) is 6.92 Å². The van der Waals surface area contributed by atoms with Gasteiger partial charge < -0.3 is 18.8 Å². The number of esters is 1. The van der Waals surface area contributed by atoms with E-state index in [0.717, 1.165) is 18.7 Å². The average Bonchev–Trinajstić information content (AvgIpc) is 3.04. The molecule has 1 aromatic carbocycles. The molecule has 170 valence electrons. The number of pyridine rings is 1. The number of carbonyl (C=O) groups excluding carboxylic acids is 1. The third kappa shape index (κ3) is 4.66. The average molecular weight is 443 g/mol. The fourth-order valence-electron chi connectivity index (χ4n) is 4.13. The number of likely N-dealkylation sites (N-methyl/N-ethyl adjacent to an activating group) is 1. The van der Waals surface area contributed by atoms with E-state index < -0.39 is 17.6 Å². The summed E-state index contributed by atoms with van der Waals surface area (Å²) in [5.41, 5.74) is 2.59. The van der Waals surface area contributed by atoms with Crippen molar-refractivity contribution in [2.75, 3.05) is 33.4 Å². The molecular weight excluding hydrogens is 416 g/mol. The number of carbonyl (C=O) groups is 1. The minimum atomic E-state index is -0.757. The molecule has 0 spiro atoms. The number of aryl methyl sites for hydroxylation is 1. The number of hydrogen-bond donors (Lipinski definition) is 0. The van der Waals surface area contributed by atoms with Gasteiger partial charge in [0.25, 0.3) is 0 Å². The molecule has 4 rings (SSSR count). The van der Waals surface area contributed by atoms with Crippen LogP contribution in [-0.2, 0) is 27.1 Å². The van der Waals surface area contributed by atoms with Crippen molar-refractivity contribution in [2.45, 2.75) is 32.8 Å². The van der Waals surface area contributed by atoms with Gasteiger partial charge in [-0.3, -0.25) is 4.79 Å². The lowest BCUT2D eigenvalue weighted by atomic mass is 10.0. The molecule has 0 amide bonds. The molecule has 1 fully saturated rings. The van der Waals surface area contributed by atoms with Gasteiger partial charge in [0.2, 0.25) is 0 Å². The first-order chi connectivity index (χ1) is 15.4. The van der Waals surface area contributed by atoms with Crippen LogP contribution in [0.25, 0.3) is 16.9 Å². The second-order valence-corrected chi connectivity index (χ2v) is 8.21. The van der Waals surface area contributed by atoms with Crippen LogP contribution in [0.5, 0.6) is 0 Å². The number of morpholine rings is 1. The molecular formula is C24H27F2N3O3. The number of aromatic nitrogens is 2. The number of rotatable bonds is 6. The van der Waals surface area contributed by atoms with Crippen molar-refractivity contribution in [1.29, 1.82) is 0 Å². The van der Waals surface area contributed by atoms with Crippen molar-refractivity contribution in [3.63, 3.8) is 0 Å². The topological polar surface area (TPSA) is 56.1 Å². The minimum absolute atomic E-state index is 0.108. The Hall–Kier alpha value is -2.84. The second-order valence-electron chi connectivity index (χ2n) is 8.21. The van der Waals surface area contributed by atoms with E-state index in [4.69, 9.17) is 9.47 Å². The molecule has 3 aromatic rings. The molecule has 1 saturated heterocycles. The van der Waals surface area contributed by atoms with E-state index >= 15 is 8.78 Å². The fourth-order valence-corrected chi connectivity index (χ4v) is 4.13. The lowest BCUT2D eigenvalue weighted by molar-refractivity contribution is -0.142. The maximum absolute atomic E-state index is 15.2. The quantitative estimate of drug-likeness (QED) is 0.546. The molecule has 8 heteroatoms. The Morgan fingerprint density at radius 2 is 2.03 bits per heavy atom. The Balaban J connectivity index is 1.77. The maximum Gasteiger partial charge on any atom is 0.310 e. The van der Waals surface area contributed by atoms with Crippen molar-refractivity contribution in [3.8, 4) is 11.3 Å². The van der Waals surface area contributed by atoms with E-state index in [-0.39, 0.29) is 36.0 Å². The highest BCUT2D eigenvalue weighted by Gasteiger charge is 2.26. The summed E-state index contributed by atoms with van der Waals surface area (Å²) in [6.45, 7) is 6.02. The lowest BCUT2D eigenvalue weighted by Gasteiger charge is -2.30. The van der Waals surface area contributed by atoms with Crippen LogP contribution in [0.1, 0.15) is 23.7 Å². The van der Waals surface area contributed by atoms with Crippen LogP contribution >= 0.6 is 0 Å². The highest BCUT2D eigenvalue weighted by atomic mass is 19.1. The van der Waals surface area contributed by atoms with Crippen molar-refractivity contribution in [2.24, 2.45) is 0 Å². The number of nitrogens with zero attached hydrogens (tertiary/aromatic N) is 3. The molecule has 2 aromatic heterocycles. The Morgan fingerprint density at radius 1 is 1.28 bits per heavy atom. The zero-order chi connectivity index (χ0) is 22.8. The predicted octanol–water partition coefficient (Wildman–Crippen LogP) is 3.57. The number of halogens is 2. The molecule has 1 aliphatic rings. The largest absolute Gasteiger partial charge is 0.466 e. The van der Waals surface area contributed by atoms with Gasteiger partial charge in [-0.25, -0.2) is 13.8 Å². The summed E-state index contributed by atoms with van der Waals surface area (Å²) in [6.07, 6.45) is 2.03. The monoisotopic (exact) mass is 443 g/mol. The van der Waals surface area contributed by atoms with Crippen molar-refractivity contribution in [1.82, 2.24) is 14.3 Å². The van der Waals surface area contributed by atoms with Gasteiger partial charge >= 0.3 is 5.97 Å². The number of imidazole rings is 1. The fraction of sp³-hybridized carbons (Fsp3) is 0.417. The van der Waals surface area contributed by atoms with Crippen molar-refractivity contribution in [3.05, 3.63) is 58.9 Å². The molecule has 1 aliphatic heterocycles. The van der Waals surface area contributed by atoms with Gasteiger partial charge in [-0.15, -0.1) is 0 Å². The summed E-state index contributed by atoms with van der Waals surface area (Å²) in [5.74, 6) is -2.04. The van der Waals surface area contributed by atoms with Gasteiger partial charge in [-0.05, 0) is 56.3 Å². The van der Waals surface area contributed by atoms with Gasteiger partial charge in [-0.2, -0.15) is 0 Å². The van der Waals surface area contributed by atoms with E-state index in [9.17, 15) is 4.79 Å². The third-order valence-corrected chi connectivity index (χ3v) is 5.64. The number of benzene rings is 1. The number of hydrogen-bond acceptors (Lipinski definition) is 5. The number of fused-ring (bicyclic) bond motifs is 1. The molecule has 3 heterocycles. The highest BCUT2D eigenvalue weighted by Crippen LogP contribution is 2.32. The van der Waals surface area contributed by atoms with Crippen LogP contribution in [0.4, 0.5) is 8.78 Å². The maximum atomic E-state index is 15.2. The first-order valence-electron chi connectivity index (χ1n) is 10.8. The lowest BCUT2D eigenvalue weighted by Crippen LogP contribution is -2.41. The van der Waals surface area contributed by atoms with Gasteiger partial charge in [0.05, 0.1) is 42.7 Å². The normalized spacial score (nSPS) is 17.1. The third-order valence-electron chi connectivity index (χ3n) is 5.64. The van der Waals surface area contributed by atoms with E-state index in [1.807, 2.05) is 36.7 Å². The Bertz CT molecular complexity index is 1120. The summed E-state index contributed by atoms with van der Waals surface area (Å²) in [4.78, 5) is 18.5. The first-order valence-corrected chi connectivity index (χ1v) is 10.8. The van der Waals surface area contributed by atoms with Crippen LogP contribution in [0.15, 0.2) is 30.5 Å². The molecule has 0 bridgehead atoms. The smallest absolute Gasteiger partial charge is 0.310 e. The minimum Gasteiger partial charge on any atom is -0.466 e. The second kappa shape index (κ2) is 9.34. The molecule has 0 aliphatic carbocycles. The first kappa shape index (κ1) is 22.4. The summed E-state index contributed by atoms with van der Waals surface area (Å²) >= 11 is 0. The molecule has 0 N–H and O–H groups in total. The summed E-state index contributed by atoms with van der Waals surface area (Å²) in [5, 5.41) is 0. The standard InChI is InChI=1S/C24H27F2N3O3/c1-4-31-22(30)12-16-10-18(25)23(19(26)11-16)24-20(13-17-14-28(3)7-8-32-17)29-6-5-15(2)9-21(29)27-24/h5-6,9-11,17H,4,7-8,12-14H2,1-3H3. The summed E-state index contributed by atoms with van der Waals surface area (Å²) < 4.78 is 43.0. The highest BCUT2D eigenvalue weighted by molar-refractivity contribution is 5.74. The van der Waals surface area contributed by atoms with Crippen molar-refractivity contribution < 1.29 is 23.0 Å². The number of ether oxygens (including phenoxy) is 2. The SMILES string of the molecule is CCOC(=O)Cc1cc(F)c(-c2nc3cc(C)ccn3c2CC2CN(C)CCO2)c(F)c1. The van der Waals surface area contributed by atoms with Gasteiger partial charge in [-0.1, -0.05) is 0 Å². The molecule has 32 heavy (non-hydrogen) atoms. The summed E-state index contributed by atoms with van der Waals surface area (Å²) in [7, 11) is 2.02. The van der Waals surface area contributed by atoms with Crippen molar-refractivity contribution >= 4 is 11.6 Å². The van der Waals surface area contributed by atoms with E-state index in [2.05, 4.69) is 9.88 Å². The molecule has 6 nitrogen and oxygen atoms in total. The van der Waals surface area contributed by atoms with Crippen LogP contribution in [-0.4, -0.2) is 59.7 Å². The molecule has 0 radical (unpaired) electrons. The van der Waals surface area contributed by atoms with Crippen LogP contribution < -0.4 is 0 Å². The zero-order valence-electron chi connectivity index (χ0n) is 18.5. The molecule has 1 unspecified atom stereocenters. The van der Waals surface area contributed by atoms with Gasteiger partial charge in [0.15, 0.2) is 0 Å². The Kier molecular flexibility index (Phi) is 6.53. The Labute approximate surface area is 185 Å². The molecule has 1 atom stereocenters. The van der Waals surface area contributed by atoms with Gasteiger partial charge in [0, 0.05) is 25.7 Å². The van der Waals surface area contributed by atoms with Crippen LogP contribution in [0, 0.1) is 18.6 Å². The Morgan fingerprint density at radius 3 is 2.72 bits per heavy atom. The van der Waals surface area contributed by atoms with E-state index in [1.165, 1.54) is 12.1 Å².